The van der Waals surface area contributed by atoms with E-state index in [9.17, 15) is 9.59 Å². The average Bonchev–Trinajstić information content (AvgIpc) is 2.51. The predicted molar refractivity (Wildman–Crippen MR) is 75.3 cm³/mol. The van der Waals surface area contributed by atoms with Gasteiger partial charge in [-0.15, -0.1) is 0 Å². The number of hydrogen-bond donors (Lipinski definition) is 1. The fourth-order valence-electron chi connectivity index (χ4n) is 2.26. The van der Waals surface area contributed by atoms with E-state index in [1.807, 2.05) is 0 Å². The van der Waals surface area contributed by atoms with Crippen molar-refractivity contribution < 1.29 is 19.1 Å². The van der Waals surface area contributed by atoms with Crippen LogP contribution in [0.15, 0.2) is 0 Å². The number of rotatable bonds is 7. The zero-order valence-corrected chi connectivity index (χ0v) is 12.7. The molecular weight excluding hydrogens is 260 g/mol. The fourth-order valence-corrected chi connectivity index (χ4v) is 2.26. The number of ether oxygens (including phenoxy) is 2. The molecule has 0 aromatic carbocycles. The lowest BCUT2D eigenvalue weighted by Gasteiger charge is -2.31. The van der Waals surface area contributed by atoms with Gasteiger partial charge in [0, 0.05) is 13.1 Å². The summed E-state index contributed by atoms with van der Waals surface area (Å²) in [5, 5.41) is 3.13. The minimum Gasteiger partial charge on any atom is -0.468 e. The Kier molecular flexibility index (Phi) is 7.54. The van der Waals surface area contributed by atoms with Crippen molar-refractivity contribution in [1.82, 2.24) is 10.2 Å². The Morgan fingerprint density at radius 1 is 1.40 bits per heavy atom. The van der Waals surface area contributed by atoms with Crippen molar-refractivity contribution in [3.8, 4) is 0 Å². The van der Waals surface area contributed by atoms with E-state index in [4.69, 9.17) is 4.74 Å². The molecule has 0 spiro atoms. The van der Waals surface area contributed by atoms with Crippen LogP contribution in [-0.4, -0.2) is 62.8 Å². The van der Waals surface area contributed by atoms with E-state index in [1.54, 1.807) is 4.90 Å². The number of hydrogen-bond acceptors (Lipinski definition) is 5. The Bertz CT molecular complexity index is 312. The van der Waals surface area contributed by atoms with Gasteiger partial charge in [-0.2, -0.15) is 0 Å². The van der Waals surface area contributed by atoms with E-state index in [0.717, 1.165) is 12.8 Å². The molecule has 0 aliphatic carbocycles. The van der Waals surface area contributed by atoms with Crippen LogP contribution in [0.4, 0.5) is 0 Å². The second-order valence-electron chi connectivity index (χ2n) is 5.06. The molecule has 1 atom stereocenters. The lowest BCUT2D eigenvalue weighted by atomic mass is 10.0. The number of nitrogens with zero attached hydrogens (tertiary/aromatic N) is 1. The summed E-state index contributed by atoms with van der Waals surface area (Å²) >= 11 is 0. The first-order valence-corrected chi connectivity index (χ1v) is 7.29. The number of morpholine rings is 1. The van der Waals surface area contributed by atoms with E-state index >= 15 is 0 Å². The lowest BCUT2D eigenvalue weighted by Crippen LogP contribution is -2.54. The third kappa shape index (κ3) is 5.09. The SMILES string of the molecule is CCC(CC)CN(CC(=O)OC)C(=O)C1COCCN1. The van der Waals surface area contributed by atoms with Crippen LogP contribution in [0.25, 0.3) is 0 Å². The first-order valence-electron chi connectivity index (χ1n) is 7.29. The van der Waals surface area contributed by atoms with Crippen molar-refractivity contribution in [3.05, 3.63) is 0 Å². The second-order valence-corrected chi connectivity index (χ2v) is 5.06. The predicted octanol–water partition coefficient (Wildman–Crippen LogP) is 0.413. The Morgan fingerprint density at radius 3 is 2.60 bits per heavy atom. The maximum absolute atomic E-state index is 12.5. The minimum absolute atomic E-state index is 0.00398. The van der Waals surface area contributed by atoms with Crippen LogP contribution in [0.3, 0.4) is 0 Å². The molecule has 1 N–H and O–H groups in total. The Hall–Kier alpha value is -1.14. The van der Waals surface area contributed by atoms with Gasteiger partial charge in [-0.1, -0.05) is 26.7 Å². The summed E-state index contributed by atoms with van der Waals surface area (Å²) in [6.45, 7) is 6.41. The van der Waals surface area contributed by atoms with Crippen LogP contribution in [0.2, 0.25) is 0 Å². The summed E-state index contributed by atoms with van der Waals surface area (Å²) in [4.78, 5) is 25.6. The number of carbonyl (C=O) groups is 2. The highest BCUT2D eigenvalue weighted by atomic mass is 16.5. The van der Waals surface area contributed by atoms with Crippen LogP contribution in [0.1, 0.15) is 26.7 Å². The average molecular weight is 286 g/mol. The van der Waals surface area contributed by atoms with Crippen molar-refractivity contribution in [2.75, 3.05) is 40.0 Å². The lowest BCUT2D eigenvalue weighted by molar-refractivity contribution is -0.149. The number of carbonyl (C=O) groups excluding carboxylic acids is 2. The van der Waals surface area contributed by atoms with Gasteiger partial charge in [-0.05, 0) is 5.92 Å². The molecule has 0 radical (unpaired) electrons. The Morgan fingerprint density at radius 2 is 2.10 bits per heavy atom. The maximum atomic E-state index is 12.5. The highest BCUT2D eigenvalue weighted by Gasteiger charge is 2.28. The van der Waals surface area contributed by atoms with E-state index in [-0.39, 0.29) is 24.5 Å². The van der Waals surface area contributed by atoms with Gasteiger partial charge in [0.15, 0.2) is 0 Å². The number of amides is 1. The molecule has 1 unspecified atom stereocenters. The minimum atomic E-state index is -0.388. The summed E-state index contributed by atoms with van der Waals surface area (Å²) < 4.78 is 10.00. The van der Waals surface area contributed by atoms with Gasteiger partial charge in [0.2, 0.25) is 5.91 Å². The third-order valence-corrected chi connectivity index (χ3v) is 3.71. The van der Waals surface area contributed by atoms with Crippen molar-refractivity contribution in [3.63, 3.8) is 0 Å². The molecule has 6 nitrogen and oxygen atoms in total. The van der Waals surface area contributed by atoms with Gasteiger partial charge in [0.05, 0.1) is 20.3 Å². The topological polar surface area (TPSA) is 67.9 Å². The molecule has 0 bridgehead atoms. The summed E-state index contributed by atoms with van der Waals surface area (Å²) in [7, 11) is 1.34. The molecule has 20 heavy (non-hydrogen) atoms. The van der Waals surface area contributed by atoms with E-state index in [2.05, 4.69) is 23.9 Å². The normalized spacial score (nSPS) is 18.9. The zero-order valence-electron chi connectivity index (χ0n) is 12.7. The molecule has 1 amide bonds. The maximum Gasteiger partial charge on any atom is 0.325 e. The molecule has 116 valence electrons. The van der Waals surface area contributed by atoms with Crippen LogP contribution >= 0.6 is 0 Å². The number of methoxy groups -OCH3 is 1. The Balaban J connectivity index is 2.68. The highest BCUT2D eigenvalue weighted by Crippen LogP contribution is 2.12. The van der Waals surface area contributed by atoms with Crippen LogP contribution in [-0.2, 0) is 19.1 Å². The van der Waals surface area contributed by atoms with Crippen LogP contribution in [0.5, 0.6) is 0 Å². The molecule has 0 aromatic rings. The first-order chi connectivity index (χ1) is 9.62. The van der Waals surface area contributed by atoms with E-state index in [1.165, 1.54) is 7.11 Å². The fraction of sp³-hybridized carbons (Fsp3) is 0.857. The van der Waals surface area contributed by atoms with Crippen molar-refractivity contribution >= 4 is 11.9 Å². The smallest absolute Gasteiger partial charge is 0.325 e. The first kappa shape index (κ1) is 16.9. The molecule has 1 aliphatic rings. The molecule has 1 fully saturated rings. The summed E-state index contributed by atoms with van der Waals surface area (Å²) in [5.74, 6) is -0.0730. The molecule has 0 aromatic heterocycles. The zero-order chi connectivity index (χ0) is 15.0. The molecule has 0 saturated carbocycles. The van der Waals surface area contributed by atoms with Gasteiger partial charge in [-0.3, -0.25) is 9.59 Å². The van der Waals surface area contributed by atoms with E-state index < -0.39 is 0 Å². The van der Waals surface area contributed by atoms with Gasteiger partial charge < -0.3 is 19.7 Å². The number of nitrogens with one attached hydrogen (secondary N) is 1. The third-order valence-electron chi connectivity index (χ3n) is 3.71. The van der Waals surface area contributed by atoms with Crippen LogP contribution < -0.4 is 5.32 Å². The van der Waals surface area contributed by atoms with Crippen molar-refractivity contribution in [1.29, 1.82) is 0 Å². The van der Waals surface area contributed by atoms with Crippen molar-refractivity contribution in [2.24, 2.45) is 5.92 Å². The number of esters is 1. The molecule has 1 rings (SSSR count). The molecule has 1 saturated heterocycles. The van der Waals surface area contributed by atoms with Crippen LogP contribution in [0, 0.1) is 5.92 Å². The van der Waals surface area contributed by atoms with E-state index in [0.29, 0.717) is 32.2 Å². The molecule has 6 heteroatoms. The Labute approximate surface area is 120 Å². The summed E-state index contributed by atoms with van der Waals surface area (Å²) in [5.41, 5.74) is 0. The van der Waals surface area contributed by atoms with Gasteiger partial charge in [0.25, 0.3) is 0 Å². The van der Waals surface area contributed by atoms with Crippen molar-refractivity contribution in [2.45, 2.75) is 32.7 Å². The quantitative estimate of drug-likeness (QED) is 0.687. The molecule has 1 aliphatic heterocycles. The highest BCUT2D eigenvalue weighted by molar-refractivity contribution is 5.86. The van der Waals surface area contributed by atoms with Gasteiger partial charge >= 0.3 is 5.97 Å². The summed E-state index contributed by atoms with van der Waals surface area (Å²) in [6.07, 6.45) is 1.96. The second kappa shape index (κ2) is 8.92. The van der Waals surface area contributed by atoms with Gasteiger partial charge in [-0.25, -0.2) is 0 Å². The summed E-state index contributed by atoms with van der Waals surface area (Å²) in [6, 6.07) is -0.359. The standard InChI is InChI=1S/C14H26N2O4/c1-4-11(5-2)8-16(9-13(17)19-3)14(18)12-10-20-7-6-15-12/h11-12,15H,4-10H2,1-3H3. The largest absolute Gasteiger partial charge is 0.468 e. The van der Waals surface area contributed by atoms with Gasteiger partial charge in [0.1, 0.15) is 12.6 Å². The molecule has 1 heterocycles. The monoisotopic (exact) mass is 286 g/mol. The molecular formula is C14H26N2O4.